The molecule has 3 saturated heterocycles. The number of amides is 4. The zero-order valence-corrected chi connectivity index (χ0v) is 44.0. The Labute approximate surface area is 425 Å². The van der Waals surface area contributed by atoms with Gasteiger partial charge in [0, 0.05) is 74.8 Å². The highest BCUT2D eigenvalue weighted by Gasteiger charge is 2.41. The van der Waals surface area contributed by atoms with Crippen LogP contribution in [0.1, 0.15) is 103 Å². The standard InChI is InChI=1S/C57H74N8O7/c1-11-64-47-21-20-40-32-43(47)44(51(64)42-18-13-26-58-49(42)37(4)71-10)33-56(5,6)35-72-55(70)45-19-14-28-65(60-45)54(69)46(31-38-16-12-17-39(40)30-38)59-52(67)50(36(2)3)62(9)53(68)41-23-29-63(34-41)48(66)22-25-57(7)24-15-27-61(57)8/h12-13,16-18,20-21,26,30,32,36-37,41,45-46,50,60H,11,14-15,19,23-24,27-29,31,33-35H2,1-10H3,(H,59,67)/t37-,41-,45-,46-,50?,57-/m0/s1. The summed E-state index contributed by atoms with van der Waals surface area (Å²) in [5.74, 6) is 3.37. The molecule has 6 atom stereocenters. The normalized spacial score (nSPS) is 23.5. The molecule has 2 N–H and O–H groups in total. The molecule has 2 aromatic carbocycles. The fourth-order valence-corrected chi connectivity index (χ4v) is 11.3. The summed E-state index contributed by atoms with van der Waals surface area (Å²) < 4.78 is 14.3. The number of fused-ring (bicyclic) bond motifs is 6. The number of aryl methyl sites for hydroxylation is 1. The highest BCUT2D eigenvalue weighted by molar-refractivity contribution is 5.97. The van der Waals surface area contributed by atoms with Gasteiger partial charge in [-0.2, -0.15) is 0 Å². The van der Waals surface area contributed by atoms with Crippen molar-refractivity contribution >= 4 is 40.5 Å². The van der Waals surface area contributed by atoms with E-state index in [1.54, 1.807) is 25.3 Å². The third kappa shape index (κ3) is 10.8. The van der Waals surface area contributed by atoms with E-state index in [-0.39, 0.29) is 48.9 Å². The first-order valence-corrected chi connectivity index (χ1v) is 25.9. The summed E-state index contributed by atoms with van der Waals surface area (Å²) in [6, 6.07) is 15.9. The number of nitrogens with zero attached hydrogens (tertiary/aromatic N) is 6. The number of rotatable bonds is 9. The number of esters is 1. The van der Waals surface area contributed by atoms with Crippen LogP contribution in [0.4, 0.5) is 0 Å². The maximum atomic E-state index is 14.8. The Kier molecular flexibility index (Phi) is 15.6. The minimum Gasteiger partial charge on any atom is -0.464 e. The Morgan fingerprint density at radius 2 is 1.78 bits per heavy atom. The molecule has 4 aromatic rings. The first-order chi connectivity index (χ1) is 34.3. The molecule has 15 nitrogen and oxygen atoms in total. The molecule has 0 radical (unpaired) electrons. The molecule has 15 heteroatoms. The number of cyclic esters (lactones) is 1. The van der Waals surface area contributed by atoms with Gasteiger partial charge >= 0.3 is 5.97 Å². The van der Waals surface area contributed by atoms with Gasteiger partial charge < -0.3 is 29.2 Å². The van der Waals surface area contributed by atoms with E-state index in [9.17, 15) is 24.0 Å². The summed E-state index contributed by atoms with van der Waals surface area (Å²) >= 11 is 0. The average Bonchev–Trinajstić information content (AvgIpc) is 4.08. The Hall–Kier alpha value is -6.08. The number of nitrogens with one attached hydrogen (secondary N) is 2. The smallest absolute Gasteiger partial charge is 0.324 e. The van der Waals surface area contributed by atoms with Gasteiger partial charge in [-0.25, -0.2) is 5.43 Å². The maximum Gasteiger partial charge on any atom is 0.324 e. The minimum absolute atomic E-state index is 0.133. The van der Waals surface area contributed by atoms with Crippen LogP contribution in [0.5, 0.6) is 0 Å². The fraction of sp³-hybridized carbons (Fsp3) is 0.544. The van der Waals surface area contributed by atoms with Crippen molar-refractivity contribution in [2.45, 2.75) is 130 Å². The summed E-state index contributed by atoms with van der Waals surface area (Å²) in [6.07, 6.45) is 5.66. The van der Waals surface area contributed by atoms with Gasteiger partial charge in [-0.05, 0) is 131 Å². The van der Waals surface area contributed by atoms with E-state index in [1.165, 1.54) is 9.91 Å². The Morgan fingerprint density at radius 3 is 2.50 bits per heavy atom. The van der Waals surface area contributed by atoms with Gasteiger partial charge in [0.2, 0.25) is 11.8 Å². The number of pyridine rings is 1. The van der Waals surface area contributed by atoms with E-state index in [1.807, 2.05) is 46.0 Å². The van der Waals surface area contributed by atoms with Crippen molar-refractivity contribution in [1.29, 1.82) is 0 Å². The predicted octanol–water partition coefficient (Wildman–Crippen LogP) is 6.57. The molecule has 4 aliphatic rings. The quantitative estimate of drug-likeness (QED) is 0.139. The molecule has 6 heterocycles. The largest absolute Gasteiger partial charge is 0.464 e. The number of benzene rings is 2. The second kappa shape index (κ2) is 21.6. The lowest BCUT2D eigenvalue weighted by Crippen LogP contribution is -2.62. The monoisotopic (exact) mass is 983 g/mol. The molecule has 6 bridgehead atoms. The lowest BCUT2D eigenvalue weighted by Gasteiger charge is -2.37. The van der Waals surface area contributed by atoms with Crippen LogP contribution in [0, 0.1) is 29.1 Å². The van der Waals surface area contributed by atoms with E-state index >= 15 is 0 Å². The van der Waals surface area contributed by atoms with Crippen molar-refractivity contribution in [2.24, 2.45) is 17.3 Å². The van der Waals surface area contributed by atoms with Crippen molar-refractivity contribution in [3.8, 4) is 34.2 Å². The van der Waals surface area contributed by atoms with Crippen LogP contribution in [0.15, 0.2) is 60.8 Å². The molecule has 0 spiro atoms. The first kappa shape index (κ1) is 52.2. The molecular formula is C57H74N8O7. The van der Waals surface area contributed by atoms with E-state index < -0.39 is 47.2 Å². The highest BCUT2D eigenvalue weighted by Crippen LogP contribution is 2.42. The van der Waals surface area contributed by atoms with Crippen molar-refractivity contribution < 1.29 is 33.4 Å². The van der Waals surface area contributed by atoms with E-state index in [0.717, 1.165) is 69.5 Å². The van der Waals surface area contributed by atoms with Crippen LogP contribution in [-0.4, -0.2) is 137 Å². The number of hydrogen-bond donors (Lipinski definition) is 2. The number of carbonyl (C=O) groups excluding carboxylic acids is 5. The Bertz CT molecular complexity index is 2770. The van der Waals surface area contributed by atoms with Gasteiger partial charge in [0.05, 0.1) is 35.6 Å². The second-order valence-electron chi connectivity index (χ2n) is 21.8. The zero-order valence-electron chi connectivity index (χ0n) is 44.0. The van der Waals surface area contributed by atoms with Gasteiger partial charge in [-0.3, -0.25) is 38.9 Å². The summed E-state index contributed by atoms with van der Waals surface area (Å²) in [4.78, 5) is 81.2. The lowest BCUT2D eigenvalue weighted by molar-refractivity contribution is -0.155. The molecule has 0 saturated carbocycles. The molecule has 0 aliphatic carbocycles. The van der Waals surface area contributed by atoms with Crippen LogP contribution < -0.4 is 10.7 Å². The molecular weight excluding hydrogens is 909 g/mol. The number of methoxy groups -OCH3 is 1. The van der Waals surface area contributed by atoms with Gasteiger partial charge in [0.1, 0.15) is 18.1 Å². The molecule has 3 fully saturated rings. The number of likely N-dealkylation sites (tertiary alicyclic amines) is 2. The molecule has 1 unspecified atom stereocenters. The van der Waals surface area contributed by atoms with Crippen LogP contribution >= 0.6 is 0 Å². The summed E-state index contributed by atoms with van der Waals surface area (Å²) in [7, 11) is 5.34. The summed E-state index contributed by atoms with van der Waals surface area (Å²) in [6.45, 7) is 16.9. The van der Waals surface area contributed by atoms with Crippen LogP contribution in [0.2, 0.25) is 0 Å². The molecule has 4 amide bonds. The van der Waals surface area contributed by atoms with Crippen molar-refractivity contribution in [3.05, 3.63) is 77.6 Å². The van der Waals surface area contributed by atoms with Crippen LogP contribution in [0.25, 0.3) is 33.3 Å². The third-order valence-electron chi connectivity index (χ3n) is 15.6. The molecule has 384 valence electrons. The molecule has 4 aliphatic heterocycles. The SMILES string of the molecule is CCn1c(-c2cccnc2[C@H](C)OC)c2c3cc(ccc31)-c1cccc(c1)C[C@H](NC(=O)C(C(C)C)N(C)C(=O)[C@H]1CCN(C(=O)C#C[C@]3(C)CCCN3C)C1)C(=O)N1CCC[C@H](N1)C(=O)OCC(C)(C)C2. The van der Waals surface area contributed by atoms with Crippen molar-refractivity contribution in [2.75, 3.05) is 54.0 Å². The van der Waals surface area contributed by atoms with E-state index in [0.29, 0.717) is 45.3 Å². The molecule has 2 aromatic heterocycles. The molecule has 72 heavy (non-hydrogen) atoms. The lowest BCUT2D eigenvalue weighted by atomic mass is 9.84. The van der Waals surface area contributed by atoms with Gasteiger partial charge in [0.25, 0.3) is 11.8 Å². The third-order valence-corrected chi connectivity index (χ3v) is 15.6. The molecule has 8 rings (SSSR count). The van der Waals surface area contributed by atoms with Gasteiger partial charge in [-0.15, -0.1) is 0 Å². The van der Waals surface area contributed by atoms with E-state index in [2.05, 4.69) is 96.1 Å². The minimum atomic E-state index is -1.06. The number of likely N-dealkylation sites (N-methyl/N-ethyl adjacent to an activating group) is 1. The van der Waals surface area contributed by atoms with Crippen LogP contribution in [0.3, 0.4) is 0 Å². The van der Waals surface area contributed by atoms with Gasteiger partial charge in [-0.1, -0.05) is 63.9 Å². The van der Waals surface area contributed by atoms with E-state index in [4.69, 9.17) is 14.5 Å². The number of aromatic nitrogens is 2. The first-order valence-electron chi connectivity index (χ1n) is 25.9. The van der Waals surface area contributed by atoms with Crippen molar-refractivity contribution in [3.63, 3.8) is 0 Å². The van der Waals surface area contributed by atoms with Crippen LogP contribution in [-0.2, 0) is 52.8 Å². The fourth-order valence-electron chi connectivity index (χ4n) is 11.3. The summed E-state index contributed by atoms with van der Waals surface area (Å²) in [5.41, 5.74) is 10.1. The van der Waals surface area contributed by atoms with Crippen molar-refractivity contribution in [1.82, 2.24) is 40.0 Å². The number of carbonyl (C=O) groups is 5. The topological polar surface area (TPSA) is 159 Å². The average molecular weight is 983 g/mol. The summed E-state index contributed by atoms with van der Waals surface area (Å²) in [5, 5.41) is 5.61. The number of ether oxygens (including phenoxy) is 2. The number of hydrazine groups is 1. The second-order valence-corrected chi connectivity index (χ2v) is 21.8. The predicted molar refractivity (Wildman–Crippen MR) is 278 cm³/mol. The zero-order chi connectivity index (χ0) is 51.6. The Balaban J connectivity index is 1.11. The van der Waals surface area contributed by atoms with Gasteiger partial charge in [0.15, 0.2) is 0 Å². The highest BCUT2D eigenvalue weighted by atomic mass is 16.5. The maximum absolute atomic E-state index is 14.8. The Morgan fingerprint density at radius 1 is 1.00 bits per heavy atom. The number of hydrogen-bond acceptors (Lipinski definition) is 10.